The molecule has 0 spiro atoms. The predicted molar refractivity (Wildman–Crippen MR) is 97.1 cm³/mol. The Hall–Kier alpha value is -1.81. The van der Waals surface area contributed by atoms with E-state index in [9.17, 15) is 4.79 Å². The number of methoxy groups -OCH3 is 1. The second-order valence-corrected chi connectivity index (χ2v) is 7.15. The Morgan fingerprint density at radius 3 is 2.71 bits per heavy atom. The van der Waals surface area contributed by atoms with E-state index in [1.807, 2.05) is 18.2 Å². The Balaban J connectivity index is 1.60. The Kier molecular flexibility index (Phi) is 5.56. The van der Waals surface area contributed by atoms with Crippen molar-refractivity contribution in [2.75, 3.05) is 7.11 Å². The summed E-state index contributed by atoms with van der Waals surface area (Å²) < 4.78 is 11.8. The van der Waals surface area contributed by atoms with Crippen LogP contribution in [0.5, 0.6) is 5.75 Å². The minimum absolute atomic E-state index is 0.113. The highest BCUT2D eigenvalue weighted by atomic mass is 79.9. The third-order valence-electron chi connectivity index (χ3n) is 4.51. The lowest BCUT2D eigenvalue weighted by Crippen LogP contribution is -2.18. The van der Waals surface area contributed by atoms with Gasteiger partial charge in [0.1, 0.15) is 12.4 Å². The molecular weight excluding hydrogens is 368 g/mol. The van der Waals surface area contributed by atoms with Gasteiger partial charge in [-0.2, -0.15) is 0 Å². The number of halogens is 1. The molecule has 126 valence electrons. The molecule has 0 saturated heterocycles. The van der Waals surface area contributed by atoms with Gasteiger partial charge in [-0.25, -0.2) is 0 Å². The molecule has 0 fully saturated rings. The lowest BCUT2D eigenvalue weighted by molar-refractivity contribution is -0.141. The molecule has 2 aromatic carbocycles. The topological polar surface area (TPSA) is 35.5 Å². The van der Waals surface area contributed by atoms with Crippen molar-refractivity contribution in [3.05, 3.63) is 63.6 Å². The van der Waals surface area contributed by atoms with E-state index >= 15 is 0 Å². The summed E-state index contributed by atoms with van der Waals surface area (Å²) in [6.45, 7) is 0.567. The molecule has 0 bridgehead atoms. The molecule has 1 aliphatic carbocycles. The van der Waals surface area contributed by atoms with E-state index in [4.69, 9.17) is 9.47 Å². The van der Waals surface area contributed by atoms with Gasteiger partial charge in [-0.1, -0.05) is 34.1 Å². The lowest BCUT2D eigenvalue weighted by atomic mass is 9.82. The fraction of sp³-hybridized carbons (Fsp3) is 0.350. The third-order valence-corrected chi connectivity index (χ3v) is 5.04. The Bertz CT molecular complexity index is 709. The summed E-state index contributed by atoms with van der Waals surface area (Å²) in [6.07, 6.45) is 3.47. The Labute approximate surface area is 151 Å². The number of rotatable bonds is 5. The second kappa shape index (κ2) is 7.84. The van der Waals surface area contributed by atoms with E-state index in [2.05, 4.69) is 40.2 Å². The van der Waals surface area contributed by atoms with Crippen molar-refractivity contribution >= 4 is 21.9 Å². The molecule has 0 amide bonds. The largest absolute Gasteiger partial charge is 0.489 e. The first-order valence-corrected chi connectivity index (χ1v) is 8.99. The van der Waals surface area contributed by atoms with Crippen molar-refractivity contribution < 1.29 is 14.3 Å². The molecule has 0 heterocycles. The van der Waals surface area contributed by atoms with Crippen LogP contribution in [0.4, 0.5) is 0 Å². The van der Waals surface area contributed by atoms with Gasteiger partial charge in [0.05, 0.1) is 7.11 Å². The average Bonchev–Trinajstić information content (AvgIpc) is 2.61. The minimum atomic E-state index is -0.113. The minimum Gasteiger partial charge on any atom is -0.489 e. The van der Waals surface area contributed by atoms with Crippen molar-refractivity contribution in [3.8, 4) is 5.75 Å². The van der Waals surface area contributed by atoms with Crippen LogP contribution in [0.2, 0.25) is 0 Å². The monoisotopic (exact) mass is 388 g/mol. The smallest absolute Gasteiger partial charge is 0.305 e. The van der Waals surface area contributed by atoms with Crippen LogP contribution < -0.4 is 4.74 Å². The van der Waals surface area contributed by atoms with Gasteiger partial charge in [0.15, 0.2) is 0 Å². The second-order valence-electron chi connectivity index (χ2n) is 6.23. The van der Waals surface area contributed by atoms with Crippen LogP contribution in [0.1, 0.15) is 29.5 Å². The van der Waals surface area contributed by atoms with E-state index in [0.717, 1.165) is 35.0 Å². The summed E-state index contributed by atoms with van der Waals surface area (Å²) in [6, 6.07) is 14.5. The molecule has 1 aliphatic rings. The number of aryl methyl sites for hydroxylation is 1. The number of esters is 1. The first kappa shape index (κ1) is 17.0. The van der Waals surface area contributed by atoms with E-state index in [1.54, 1.807) is 0 Å². The van der Waals surface area contributed by atoms with E-state index in [0.29, 0.717) is 18.9 Å². The van der Waals surface area contributed by atoms with Gasteiger partial charge >= 0.3 is 5.97 Å². The zero-order valence-corrected chi connectivity index (χ0v) is 15.3. The van der Waals surface area contributed by atoms with Crippen molar-refractivity contribution in [3.63, 3.8) is 0 Å². The summed E-state index contributed by atoms with van der Waals surface area (Å²) in [4.78, 5) is 11.4. The number of hydrogen-bond donors (Lipinski definition) is 0. The summed E-state index contributed by atoms with van der Waals surface area (Å²) in [7, 11) is 1.45. The highest BCUT2D eigenvalue weighted by Crippen LogP contribution is 2.30. The van der Waals surface area contributed by atoms with E-state index in [1.165, 1.54) is 18.2 Å². The first-order valence-electron chi connectivity index (χ1n) is 8.20. The van der Waals surface area contributed by atoms with Gasteiger partial charge < -0.3 is 9.47 Å². The summed E-state index contributed by atoms with van der Waals surface area (Å²) in [5.41, 5.74) is 3.81. The first-order chi connectivity index (χ1) is 11.6. The maximum Gasteiger partial charge on any atom is 0.305 e. The van der Waals surface area contributed by atoms with Gasteiger partial charge in [-0.05, 0) is 66.1 Å². The number of carbonyl (C=O) groups excluding carboxylic acids is 1. The molecule has 2 aromatic rings. The molecule has 24 heavy (non-hydrogen) atoms. The molecule has 3 nitrogen and oxygen atoms in total. The van der Waals surface area contributed by atoms with Gasteiger partial charge in [0, 0.05) is 10.9 Å². The number of carbonyl (C=O) groups is 1. The molecule has 0 saturated carbocycles. The number of ether oxygens (including phenoxy) is 2. The number of hydrogen-bond acceptors (Lipinski definition) is 3. The molecular formula is C20H21BrO3. The van der Waals surface area contributed by atoms with Crippen LogP contribution >= 0.6 is 15.9 Å². The zero-order chi connectivity index (χ0) is 16.9. The molecule has 0 aromatic heterocycles. The Morgan fingerprint density at radius 1 is 1.17 bits per heavy atom. The van der Waals surface area contributed by atoms with Crippen molar-refractivity contribution in [1.29, 1.82) is 0 Å². The van der Waals surface area contributed by atoms with E-state index in [-0.39, 0.29) is 5.97 Å². The molecule has 1 atom stereocenters. The average molecular weight is 389 g/mol. The maximum absolute atomic E-state index is 11.4. The van der Waals surface area contributed by atoms with Crippen LogP contribution in [-0.2, 0) is 29.0 Å². The number of benzene rings is 2. The summed E-state index contributed by atoms with van der Waals surface area (Å²) >= 11 is 3.44. The van der Waals surface area contributed by atoms with Crippen LogP contribution in [-0.4, -0.2) is 13.1 Å². The third kappa shape index (κ3) is 4.38. The van der Waals surface area contributed by atoms with Gasteiger partial charge in [0.25, 0.3) is 0 Å². The SMILES string of the molecule is COC(=O)CC1CCc2cc(OCc3ccc(Br)cc3)ccc2C1. The molecule has 0 radical (unpaired) electrons. The Morgan fingerprint density at radius 2 is 1.96 bits per heavy atom. The normalized spacial score (nSPS) is 16.3. The quantitative estimate of drug-likeness (QED) is 0.696. The highest BCUT2D eigenvalue weighted by Gasteiger charge is 2.21. The van der Waals surface area contributed by atoms with Crippen LogP contribution in [0.3, 0.4) is 0 Å². The fourth-order valence-electron chi connectivity index (χ4n) is 3.14. The summed E-state index contributed by atoms with van der Waals surface area (Å²) in [5, 5.41) is 0. The van der Waals surface area contributed by atoms with E-state index < -0.39 is 0 Å². The molecule has 3 rings (SSSR count). The van der Waals surface area contributed by atoms with Crippen LogP contribution in [0.25, 0.3) is 0 Å². The van der Waals surface area contributed by atoms with Gasteiger partial charge in [-0.15, -0.1) is 0 Å². The maximum atomic E-state index is 11.4. The zero-order valence-electron chi connectivity index (χ0n) is 13.8. The van der Waals surface area contributed by atoms with Crippen molar-refractivity contribution in [2.45, 2.75) is 32.3 Å². The standard InChI is InChI=1S/C20H21BrO3/c1-23-20(22)11-15-2-5-17-12-19(9-6-16(17)10-15)24-13-14-3-7-18(21)8-4-14/h3-4,6-9,12,15H,2,5,10-11,13H2,1H3. The van der Waals surface area contributed by atoms with Crippen LogP contribution in [0.15, 0.2) is 46.9 Å². The van der Waals surface area contributed by atoms with Crippen LogP contribution in [0, 0.1) is 5.92 Å². The van der Waals surface area contributed by atoms with Crippen molar-refractivity contribution in [1.82, 2.24) is 0 Å². The molecule has 0 N–H and O–H groups in total. The molecule has 1 unspecified atom stereocenters. The van der Waals surface area contributed by atoms with Crippen molar-refractivity contribution in [2.24, 2.45) is 5.92 Å². The molecule has 0 aliphatic heterocycles. The number of fused-ring (bicyclic) bond motifs is 1. The molecule has 4 heteroatoms. The van der Waals surface area contributed by atoms with Gasteiger partial charge in [0.2, 0.25) is 0 Å². The summed E-state index contributed by atoms with van der Waals surface area (Å²) in [5.74, 6) is 1.18. The van der Waals surface area contributed by atoms with Gasteiger partial charge in [-0.3, -0.25) is 4.79 Å². The predicted octanol–water partition coefficient (Wildman–Crippen LogP) is 4.70. The highest BCUT2D eigenvalue weighted by molar-refractivity contribution is 9.10. The lowest BCUT2D eigenvalue weighted by Gasteiger charge is -2.24. The fourth-order valence-corrected chi connectivity index (χ4v) is 3.40.